The standard InChI is InChI=1S/C28H37N3O4/c1-28(2,3)35-27(34)30(4)19-22-14-11-17-31(20-22)26(33)24(18-21-12-7-5-8-13-21)29-25(32)23-15-9-6-10-16-23/h5-10,12-13,15-16,22,24H,11,14,17-20H2,1-4H3,(H,29,32)/t22-,24-/m0/s1. The van der Waals surface area contributed by atoms with Crippen molar-refractivity contribution < 1.29 is 19.1 Å². The first-order valence-electron chi connectivity index (χ1n) is 12.2. The molecule has 0 radical (unpaired) electrons. The van der Waals surface area contributed by atoms with Crippen molar-refractivity contribution in [3.8, 4) is 0 Å². The van der Waals surface area contributed by atoms with E-state index in [0.29, 0.717) is 31.6 Å². The van der Waals surface area contributed by atoms with Gasteiger partial charge >= 0.3 is 6.09 Å². The van der Waals surface area contributed by atoms with Crippen molar-refractivity contribution in [2.75, 3.05) is 26.7 Å². The summed E-state index contributed by atoms with van der Waals surface area (Å²) >= 11 is 0. The van der Waals surface area contributed by atoms with Gasteiger partial charge < -0.3 is 19.9 Å². The zero-order chi connectivity index (χ0) is 25.4. The van der Waals surface area contributed by atoms with Crippen molar-refractivity contribution in [1.82, 2.24) is 15.1 Å². The Labute approximate surface area is 208 Å². The molecule has 0 saturated carbocycles. The number of ether oxygens (including phenoxy) is 1. The minimum atomic E-state index is -0.674. The molecule has 2 aromatic rings. The summed E-state index contributed by atoms with van der Waals surface area (Å²) in [5.41, 5.74) is 0.952. The van der Waals surface area contributed by atoms with E-state index in [0.717, 1.165) is 18.4 Å². The van der Waals surface area contributed by atoms with Gasteiger partial charge in [0.2, 0.25) is 5.91 Å². The number of nitrogens with one attached hydrogen (secondary N) is 1. The Morgan fingerprint density at radius 1 is 1.06 bits per heavy atom. The number of rotatable bonds is 7. The number of carbonyl (C=O) groups is 3. The van der Waals surface area contributed by atoms with Crippen LogP contribution in [-0.4, -0.2) is 66.0 Å². The molecule has 7 nitrogen and oxygen atoms in total. The summed E-state index contributed by atoms with van der Waals surface area (Å²) in [4.78, 5) is 42.3. The van der Waals surface area contributed by atoms with E-state index < -0.39 is 11.6 Å². The summed E-state index contributed by atoms with van der Waals surface area (Å²) < 4.78 is 5.46. The number of carbonyl (C=O) groups excluding carboxylic acids is 3. The largest absolute Gasteiger partial charge is 0.444 e. The first kappa shape index (κ1) is 26.3. The van der Waals surface area contributed by atoms with Crippen LogP contribution in [0.4, 0.5) is 4.79 Å². The lowest BCUT2D eigenvalue weighted by Crippen LogP contribution is -2.53. The predicted molar refractivity (Wildman–Crippen MR) is 136 cm³/mol. The molecule has 1 heterocycles. The van der Waals surface area contributed by atoms with E-state index >= 15 is 0 Å². The van der Waals surface area contributed by atoms with Gasteiger partial charge in [0, 0.05) is 38.7 Å². The van der Waals surface area contributed by atoms with E-state index in [1.54, 1.807) is 36.2 Å². The number of amides is 3. The van der Waals surface area contributed by atoms with Crippen LogP contribution in [-0.2, 0) is 16.0 Å². The van der Waals surface area contributed by atoms with Gasteiger partial charge in [0.25, 0.3) is 5.91 Å². The molecule has 1 aliphatic rings. The monoisotopic (exact) mass is 479 g/mol. The average Bonchev–Trinajstić information content (AvgIpc) is 2.83. The second-order valence-corrected chi connectivity index (χ2v) is 10.2. The van der Waals surface area contributed by atoms with Crippen molar-refractivity contribution >= 4 is 17.9 Å². The maximum atomic E-state index is 13.6. The zero-order valence-corrected chi connectivity index (χ0v) is 21.2. The Hall–Kier alpha value is -3.35. The van der Waals surface area contributed by atoms with Gasteiger partial charge in [-0.2, -0.15) is 0 Å². The summed E-state index contributed by atoms with van der Waals surface area (Å²) in [5, 5.41) is 2.96. The van der Waals surface area contributed by atoms with Crippen molar-refractivity contribution in [1.29, 1.82) is 0 Å². The van der Waals surface area contributed by atoms with Crippen molar-refractivity contribution in [2.24, 2.45) is 5.92 Å². The maximum absolute atomic E-state index is 13.6. The normalized spacial score (nSPS) is 16.8. The fourth-order valence-electron chi connectivity index (χ4n) is 4.32. The lowest BCUT2D eigenvalue weighted by Gasteiger charge is -2.37. The van der Waals surface area contributed by atoms with Crippen LogP contribution in [0.3, 0.4) is 0 Å². The molecular formula is C28H37N3O4. The van der Waals surface area contributed by atoms with Crippen LogP contribution in [0, 0.1) is 5.92 Å². The maximum Gasteiger partial charge on any atom is 0.410 e. The van der Waals surface area contributed by atoms with E-state index in [1.807, 2.05) is 62.1 Å². The molecule has 0 bridgehead atoms. The molecule has 1 fully saturated rings. The third-order valence-electron chi connectivity index (χ3n) is 5.99. The molecule has 0 aliphatic carbocycles. The molecule has 1 saturated heterocycles. The van der Waals surface area contributed by atoms with Gasteiger partial charge in [0.15, 0.2) is 0 Å². The number of hydrogen-bond acceptors (Lipinski definition) is 4. The van der Waals surface area contributed by atoms with E-state index in [9.17, 15) is 14.4 Å². The second-order valence-electron chi connectivity index (χ2n) is 10.2. The molecule has 0 aromatic heterocycles. The van der Waals surface area contributed by atoms with Gasteiger partial charge in [-0.3, -0.25) is 9.59 Å². The first-order chi connectivity index (χ1) is 16.6. The first-order valence-corrected chi connectivity index (χ1v) is 12.2. The van der Waals surface area contributed by atoms with E-state index in [1.165, 1.54) is 0 Å². The van der Waals surface area contributed by atoms with Crippen molar-refractivity contribution in [3.63, 3.8) is 0 Å². The van der Waals surface area contributed by atoms with E-state index in [2.05, 4.69) is 5.32 Å². The van der Waals surface area contributed by atoms with Gasteiger partial charge in [-0.15, -0.1) is 0 Å². The molecule has 1 aliphatic heterocycles. The second kappa shape index (κ2) is 11.9. The van der Waals surface area contributed by atoms with Gasteiger partial charge in [-0.25, -0.2) is 4.79 Å². The molecule has 7 heteroatoms. The molecule has 0 spiro atoms. The SMILES string of the molecule is CN(C[C@@H]1CCCN(C(=O)[C@H](Cc2ccccc2)NC(=O)c2ccccc2)C1)C(=O)OC(C)(C)C. The number of likely N-dealkylation sites (tertiary alicyclic amines) is 1. The molecular weight excluding hydrogens is 442 g/mol. The van der Waals surface area contributed by atoms with Crippen LogP contribution < -0.4 is 5.32 Å². The summed E-state index contributed by atoms with van der Waals surface area (Å²) in [6, 6.07) is 18.0. The van der Waals surface area contributed by atoms with Crippen LogP contribution in [0.5, 0.6) is 0 Å². The molecule has 188 valence electrons. The molecule has 3 rings (SSSR count). The van der Waals surface area contributed by atoms with Gasteiger partial charge in [-0.05, 0) is 57.2 Å². The van der Waals surface area contributed by atoms with Crippen LogP contribution >= 0.6 is 0 Å². The number of nitrogens with zero attached hydrogens (tertiary/aromatic N) is 2. The van der Waals surface area contributed by atoms with Crippen LogP contribution in [0.1, 0.15) is 49.5 Å². The smallest absolute Gasteiger partial charge is 0.410 e. The Morgan fingerprint density at radius 3 is 2.31 bits per heavy atom. The zero-order valence-electron chi connectivity index (χ0n) is 21.2. The summed E-state index contributed by atoms with van der Waals surface area (Å²) in [6.45, 7) is 7.22. The lowest BCUT2D eigenvalue weighted by molar-refractivity contribution is -0.135. The Balaban J connectivity index is 1.68. The van der Waals surface area contributed by atoms with Crippen molar-refractivity contribution in [3.05, 3.63) is 71.8 Å². The van der Waals surface area contributed by atoms with Crippen LogP contribution in [0.25, 0.3) is 0 Å². The van der Waals surface area contributed by atoms with Gasteiger partial charge in [0.05, 0.1) is 0 Å². The Kier molecular flexibility index (Phi) is 8.90. The summed E-state index contributed by atoms with van der Waals surface area (Å²) in [5.74, 6) is -0.215. The molecule has 1 N–H and O–H groups in total. The fourth-order valence-corrected chi connectivity index (χ4v) is 4.32. The molecule has 2 aromatic carbocycles. The van der Waals surface area contributed by atoms with Gasteiger partial charge in [0.1, 0.15) is 11.6 Å². The van der Waals surface area contributed by atoms with E-state index in [4.69, 9.17) is 4.74 Å². The number of piperidine rings is 1. The quantitative estimate of drug-likeness (QED) is 0.648. The average molecular weight is 480 g/mol. The highest BCUT2D eigenvalue weighted by atomic mass is 16.6. The lowest BCUT2D eigenvalue weighted by atomic mass is 9.96. The fraction of sp³-hybridized carbons (Fsp3) is 0.464. The van der Waals surface area contributed by atoms with Crippen LogP contribution in [0.15, 0.2) is 60.7 Å². The minimum Gasteiger partial charge on any atom is -0.444 e. The van der Waals surface area contributed by atoms with Crippen LogP contribution in [0.2, 0.25) is 0 Å². The molecule has 3 amide bonds. The summed E-state index contributed by atoms with van der Waals surface area (Å²) in [6.07, 6.45) is 1.83. The van der Waals surface area contributed by atoms with Crippen molar-refractivity contribution in [2.45, 2.75) is 51.7 Å². The highest BCUT2D eigenvalue weighted by Gasteiger charge is 2.32. The predicted octanol–water partition coefficient (Wildman–Crippen LogP) is 4.13. The van der Waals surface area contributed by atoms with Gasteiger partial charge in [-0.1, -0.05) is 48.5 Å². The molecule has 2 atom stereocenters. The number of hydrogen-bond donors (Lipinski definition) is 1. The highest BCUT2D eigenvalue weighted by Crippen LogP contribution is 2.20. The Morgan fingerprint density at radius 2 is 1.69 bits per heavy atom. The topological polar surface area (TPSA) is 79.0 Å². The minimum absolute atomic E-state index is 0.0947. The third kappa shape index (κ3) is 8.12. The molecule has 0 unspecified atom stereocenters. The summed E-state index contributed by atoms with van der Waals surface area (Å²) in [7, 11) is 1.73. The molecule has 35 heavy (non-hydrogen) atoms. The van der Waals surface area contributed by atoms with E-state index in [-0.39, 0.29) is 23.8 Å². The third-order valence-corrected chi connectivity index (χ3v) is 5.99. The number of benzene rings is 2. The Bertz CT molecular complexity index is 988. The highest BCUT2D eigenvalue weighted by molar-refractivity contribution is 5.97.